The summed E-state index contributed by atoms with van der Waals surface area (Å²) in [6.07, 6.45) is 2.36. The van der Waals surface area contributed by atoms with Crippen LogP contribution in [0.1, 0.15) is 25.8 Å². The van der Waals surface area contributed by atoms with Gasteiger partial charge in [0.2, 0.25) is 0 Å². The van der Waals surface area contributed by atoms with E-state index in [9.17, 15) is 4.79 Å². The van der Waals surface area contributed by atoms with E-state index in [1.807, 2.05) is 19.9 Å². The number of nitriles is 1. The molecule has 0 fully saturated rings. The molecule has 1 aromatic rings. The molecule has 1 amide bonds. The van der Waals surface area contributed by atoms with Gasteiger partial charge in [0.1, 0.15) is 11.6 Å². The molecule has 0 bridgehead atoms. The molecule has 0 atom stereocenters. The van der Waals surface area contributed by atoms with Crippen molar-refractivity contribution in [1.82, 2.24) is 5.32 Å². The second-order valence-corrected chi connectivity index (χ2v) is 4.20. The molecular formula is C16H20N2O3. The van der Waals surface area contributed by atoms with E-state index in [1.54, 1.807) is 18.2 Å². The largest absolute Gasteiger partial charge is 0.490 e. The summed E-state index contributed by atoms with van der Waals surface area (Å²) in [6.45, 7) is 4.93. The van der Waals surface area contributed by atoms with Crippen molar-refractivity contribution < 1.29 is 14.3 Å². The van der Waals surface area contributed by atoms with Gasteiger partial charge in [-0.05, 0) is 25.5 Å². The van der Waals surface area contributed by atoms with Gasteiger partial charge in [0, 0.05) is 12.6 Å². The van der Waals surface area contributed by atoms with E-state index >= 15 is 0 Å². The maximum absolute atomic E-state index is 11.6. The quantitative estimate of drug-likeness (QED) is 0.618. The lowest BCUT2D eigenvalue weighted by molar-refractivity contribution is -0.116. The monoisotopic (exact) mass is 288 g/mol. The normalized spacial score (nSPS) is 10.7. The summed E-state index contributed by atoms with van der Waals surface area (Å²) in [6, 6.07) is 7.28. The Labute approximate surface area is 125 Å². The number of amides is 1. The molecule has 21 heavy (non-hydrogen) atoms. The predicted molar refractivity (Wildman–Crippen MR) is 81.1 cm³/mol. The second-order valence-electron chi connectivity index (χ2n) is 4.20. The van der Waals surface area contributed by atoms with E-state index < -0.39 is 5.91 Å². The third-order valence-corrected chi connectivity index (χ3v) is 2.65. The fraction of sp³-hybridized carbons (Fsp3) is 0.375. The Morgan fingerprint density at radius 1 is 1.38 bits per heavy atom. The summed E-state index contributed by atoms with van der Waals surface area (Å²) in [4.78, 5) is 11.6. The molecule has 0 unspecified atom stereocenters. The number of nitrogens with one attached hydrogen (secondary N) is 1. The molecule has 0 saturated heterocycles. The van der Waals surface area contributed by atoms with Crippen LogP contribution in [0, 0.1) is 11.3 Å². The topological polar surface area (TPSA) is 71.3 Å². The van der Waals surface area contributed by atoms with Crippen LogP contribution in [-0.4, -0.2) is 26.2 Å². The molecular weight excluding hydrogens is 268 g/mol. The van der Waals surface area contributed by atoms with E-state index in [1.165, 1.54) is 13.1 Å². The zero-order valence-electron chi connectivity index (χ0n) is 12.6. The van der Waals surface area contributed by atoms with Crippen LogP contribution in [0.3, 0.4) is 0 Å². The van der Waals surface area contributed by atoms with Gasteiger partial charge in [-0.25, -0.2) is 0 Å². The molecule has 0 aromatic heterocycles. The van der Waals surface area contributed by atoms with Crippen molar-refractivity contribution in [3.05, 3.63) is 29.3 Å². The number of para-hydroxylation sites is 1. The molecule has 112 valence electrons. The van der Waals surface area contributed by atoms with Gasteiger partial charge >= 0.3 is 0 Å². The Balaban J connectivity index is 3.27. The Kier molecular flexibility index (Phi) is 6.82. The zero-order valence-corrected chi connectivity index (χ0v) is 12.6. The molecule has 5 nitrogen and oxygen atoms in total. The van der Waals surface area contributed by atoms with Crippen LogP contribution in [0.15, 0.2) is 23.8 Å². The van der Waals surface area contributed by atoms with Crippen LogP contribution >= 0.6 is 0 Å². The van der Waals surface area contributed by atoms with Crippen molar-refractivity contribution in [2.45, 2.75) is 20.3 Å². The third kappa shape index (κ3) is 4.53. The fourth-order valence-electron chi connectivity index (χ4n) is 1.71. The SMILES string of the molecule is CCCOc1c(/C=C(\C#N)C(=O)NC)cccc1OCC. The van der Waals surface area contributed by atoms with Gasteiger partial charge in [-0.15, -0.1) is 0 Å². The Morgan fingerprint density at radius 2 is 2.14 bits per heavy atom. The van der Waals surface area contributed by atoms with Gasteiger partial charge in [-0.2, -0.15) is 5.26 Å². The second kappa shape index (κ2) is 8.64. The molecule has 0 saturated carbocycles. The third-order valence-electron chi connectivity index (χ3n) is 2.65. The Hall–Kier alpha value is -2.48. The molecule has 1 N–H and O–H groups in total. The van der Waals surface area contributed by atoms with E-state index in [2.05, 4.69) is 5.32 Å². The van der Waals surface area contributed by atoms with Gasteiger partial charge in [0.05, 0.1) is 13.2 Å². The minimum absolute atomic E-state index is 0.0208. The number of nitrogens with zero attached hydrogens (tertiary/aromatic N) is 1. The molecule has 0 radical (unpaired) electrons. The summed E-state index contributed by atoms with van der Waals surface area (Å²) < 4.78 is 11.3. The number of hydrogen-bond donors (Lipinski definition) is 1. The van der Waals surface area contributed by atoms with Gasteiger partial charge in [-0.1, -0.05) is 19.1 Å². The van der Waals surface area contributed by atoms with Crippen LogP contribution in [0.2, 0.25) is 0 Å². The highest BCUT2D eigenvalue weighted by Gasteiger charge is 2.13. The first-order valence-electron chi connectivity index (χ1n) is 6.90. The highest BCUT2D eigenvalue weighted by Crippen LogP contribution is 2.33. The van der Waals surface area contributed by atoms with Crippen molar-refractivity contribution in [3.8, 4) is 17.6 Å². The molecule has 0 aliphatic rings. The minimum Gasteiger partial charge on any atom is -0.490 e. The van der Waals surface area contributed by atoms with E-state index in [4.69, 9.17) is 14.7 Å². The summed E-state index contributed by atoms with van der Waals surface area (Å²) in [5, 5.41) is 11.5. The Morgan fingerprint density at radius 3 is 2.71 bits per heavy atom. The van der Waals surface area contributed by atoms with E-state index in [0.29, 0.717) is 30.3 Å². The van der Waals surface area contributed by atoms with Gasteiger partial charge in [-0.3, -0.25) is 4.79 Å². The van der Waals surface area contributed by atoms with Gasteiger partial charge in [0.15, 0.2) is 11.5 Å². The number of likely N-dealkylation sites (N-methyl/N-ethyl adjacent to an activating group) is 1. The number of benzene rings is 1. The lowest BCUT2D eigenvalue weighted by Crippen LogP contribution is -2.19. The number of carbonyl (C=O) groups is 1. The molecule has 0 spiro atoms. The summed E-state index contributed by atoms with van der Waals surface area (Å²) in [5.74, 6) is 0.729. The summed E-state index contributed by atoms with van der Waals surface area (Å²) in [7, 11) is 1.48. The van der Waals surface area contributed by atoms with Crippen molar-refractivity contribution >= 4 is 12.0 Å². The summed E-state index contributed by atoms with van der Waals surface area (Å²) in [5.41, 5.74) is 0.669. The van der Waals surface area contributed by atoms with Crippen molar-refractivity contribution in [2.75, 3.05) is 20.3 Å². The van der Waals surface area contributed by atoms with Crippen molar-refractivity contribution in [2.24, 2.45) is 0 Å². The molecule has 0 aliphatic heterocycles. The smallest absolute Gasteiger partial charge is 0.261 e. The van der Waals surface area contributed by atoms with Crippen molar-refractivity contribution in [3.63, 3.8) is 0 Å². The highest BCUT2D eigenvalue weighted by atomic mass is 16.5. The van der Waals surface area contributed by atoms with Crippen LogP contribution in [0.25, 0.3) is 6.08 Å². The molecule has 1 aromatic carbocycles. The van der Waals surface area contributed by atoms with Crippen LogP contribution in [-0.2, 0) is 4.79 Å². The first-order chi connectivity index (χ1) is 10.2. The minimum atomic E-state index is -0.430. The summed E-state index contributed by atoms with van der Waals surface area (Å²) >= 11 is 0. The highest BCUT2D eigenvalue weighted by molar-refractivity contribution is 6.01. The van der Waals surface area contributed by atoms with Crippen LogP contribution in [0.4, 0.5) is 0 Å². The number of hydrogen-bond acceptors (Lipinski definition) is 4. The maximum Gasteiger partial charge on any atom is 0.261 e. The Bertz CT molecular complexity index is 559. The average molecular weight is 288 g/mol. The first kappa shape index (κ1) is 16.6. The van der Waals surface area contributed by atoms with Crippen molar-refractivity contribution in [1.29, 1.82) is 5.26 Å². The molecule has 0 heterocycles. The first-order valence-corrected chi connectivity index (χ1v) is 6.90. The zero-order chi connectivity index (χ0) is 15.7. The van der Waals surface area contributed by atoms with Gasteiger partial charge < -0.3 is 14.8 Å². The number of carbonyl (C=O) groups excluding carboxylic acids is 1. The molecule has 1 rings (SSSR count). The number of ether oxygens (including phenoxy) is 2. The lowest BCUT2D eigenvalue weighted by Gasteiger charge is -2.14. The van der Waals surface area contributed by atoms with Crippen LogP contribution < -0.4 is 14.8 Å². The molecule has 5 heteroatoms. The predicted octanol–water partition coefficient (Wildman–Crippen LogP) is 2.53. The molecule has 0 aliphatic carbocycles. The lowest BCUT2D eigenvalue weighted by atomic mass is 10.1. The maximum atomic E-state index is 11.6. The van der Waals surface area contributed by atoms with E-state index in [0.717, 1.165) is 6.42 Å². The van der Waals surface area contributed by atoms with Gasteiger partial charge in [0.25, 0.3) is 5.91 Å². The number of rotatable bonds is 7. The standard InChI is InChI=1S/C16H20N2O3/c1-4-9-21-15-12(7-6-8-14(15)20-5-2)10-13(11-17)16(19)18-3/h6-8,10H,4-5,9H2,1-3H3,(H,18,19)/b13-10+. The average Bonchev–Trinajstić information content (AvgIpc) is 2.51. The van der Waals surface area contributed by atoms with E-state index in [-0.39, 0.29) is 5.57 Å². The van der Waals surface area contributed by atoms with Crippen LogP contribution in [0.5, 0.6) is 11.5 Å². The fourth-order valence-corrected chi connectivity index (χ4v) is 1.71.